The number of nitrogens with two attached hydrogens (primary N) is 1. The van der Waals surface area contributed by atoms with Gasteiger partial charge in [-0.25, -0.2) is 0 Å². The fraction of sp³-hybridized carbons (Fsp3) is 0.417. The molecule has 1 unspecified atom stereocenters. The van der Waals surface area contributed by atoms with E-state index in [-0.39, 0.29) is 11.7 Å². The predicted octanol–water partition coefficient (Wildman–Crippen LogP) is 4.38. The largest absolute Gasteiger partial charge is 0.494 e. The van der Waals surface area contributed by atoms with Gasteiger partial charge in [-0.15, -0.1) is 21.5 Å². The third-order valence-electron chi connectivity index (χ3n) is 5.80. The molecule has 1 aliphatic carbocycles. The Balaban J connectivity index is 1.45. The number of anilines is 1. The quantitative estimate of drug-likeness (QED) is 0.423. The number of rotatable bonds is 9. The Morgan fingerprint density at radius 3 is 2.71 bits per heavy atom. The molecular formula is C24H29N5O3S2. The Labute approximate surface area is 207 Å². The van der Waals surface area contributed by atoms with Crippen LogP contribution in [-0.2, 0) is 24.2 Å². The molecule has 0 aliphatic heterocycles. The van der Waals surface area contributed by atoms with Crippen LogP contribution in [0.25, 0.3) is 11.4 Å². The smallest absolute Gasteiger partial charge is 0.251 e. The SMILES string of the molecule is CCOc1ccc(-c2nnc(SCC(=O)Nc3sc4c(c3C(N)=O)CCC(C)C4)n2CC)cc1. The topological polar surface area (TPSA) is 112 Å². The molecule has 1 aromatic carbocycles. The van der Waals surface area contributed by atoms with Crippen LogP contribution in [0.4, 0.5) is 5.00 Å². The molecule has 0 saturated heterocycles. The average Bonchev–Trinajstić information content (AvgIpc) is 3.38. The molecular weight excluding hydrogens is 470 g/mol. The first kappa shape index (κ1) is 24.3. The number of nitrogens with zero attached hydrogens (tertiary/aromatic N) is 3. The van der Waals surface area contributed by atoms with E-state index in [1.807, 2.05) is 42.7 Å². The van der Waals surface area contributed by atoms with E-state index in [0.29, 0.717) is 34.8 Å². The second-order valence-corrected chi connectivity index (χ2v) is 10.3. The van der Waals surface area contributed by atoms with E-state index < -0.39 is 5.91 Å². The normalized spacial score (nSPS) is 15.1. The molecule has 0 fully saturated rings. The average molecular weight is 500 g/mol. The first-order valence-corrected chi connectivity index (χ1v) is 13.2. The van der Waals surface area contributed by atoms with Crippen molar-refractivity contribution in [3.8, 4) is 17.1 Å². The van der Waals surface area contributed by atoms with Gasteiger partial charge in [0.1, 0.15) is 10.8 Å². The van der Waals surface area contributed by atoms with E-state index in [0.717, 1.165) is 46.8 Å². The second kappa shape index (κ2) is 10.6. The number of aromatic nitrogens is 3. The number of carbonyl (C=O) groups is 2. The number of thioether (sulfide) groups is 1. The molecule has 10 heteroatoms. The van der Waals surface area contributed by atoms with Crippen LogP contribution < -0.4 is 15.8 Å². The van der Waals surface area contributed by atoms with Crippen molar-refractivity contribution in [3.05, 3.63) is 40.3 Å². The summed E-state index contributed by atoms with van der Waals surface area (Å²) in [5, 5.41) is 12.8. The lowest BCUT2D eigenvalue weighted by Gasteiger charge is -2.18. The molecule has 2 amide bonds. The second-order valence-electron chi connectivity index (χ2n) is 8.26. The van der Waals surface area contributed by atoms with Crippen molar-refractivity contribution < 1.29 is 14.3 Å². The lowest BCUT2D eigenvalue weighted by atomic mass is 9.88. The number of primary amides is 1. The van der Waals surface area contributed by atoms with Gasteiger partial charge in [-0.2, -0.15) is 0 Å². The summed E-state index contributed by atoms with van der Waals surface area (Å²) in [6.07, 6.45) is 2.76. The van der Waals surface area contributed by atoms with Crippen molar-refractivity contribution >= 4 is 39.9 Å². The first-order chi connectivity index (χ1) is 16.4. The van der Waals surface area contributed by atoms with Crippen LogP contribution in [-0.4, -0.2) is 38.9 Å². The van der Waals surface area contributed by atoms with Crippen LogP contribution in [0.3, 0.4) is 0 Å². The zero-order valence-electron chi connectivity index (χ0n) is 19.6. The molecule has 1 atom stereocenters. The summed E-state index contributed by atoms with van der Waals surface area (Å²) in [5.74, 6) is 1.58. The number of fused-ring (bicyclic) bond motifs is 1. The summed E-state index contributed by atoms with van der Waals surface area (Å²) in [7, 11) is 0. The number of nitrogens with one attached hydrogen (secondary N) is 1. The van der Waals surface area contributed by atoms with Crippen LogP contribution in [0.15, 0.2) is 29.4 Å². The Morgan fingerprint density at radius 1 is 1.26 bits per heavy atom. The minimum Gasteiger partial charge on any atom is -0.494 e. The number of amides is 2. The molecule has 3 aromatic rings. The van der Waals surface area contributed by atoms with E-state index in [4.69, 9.17) is 10.5 Å². The van der Waals surface area contributed by atoms with Crippen LogP contribution in [0.5, 0.6) is 5.75 Å². The van der Waals surface area contributed by atoms with Gasteiger partial charge in [0.25, 0.3) is 5.91 Å². The molecule has 0 radical (unpaired) electrons. The van der Waals surface area contributed by atoms with Crippen molar-refractivity contribution in [2.75, 3.05) is 17.7 Å². The maximum atomic E-state index is 12.8. The summed E-state index contributed by atoms with van der Waals surface area (Å²) in [4.78, 5) is 26.0. The van der Waals surface area contributed by atoms with Gasteiger partial charge in [-0.05, 0) is 68.9 Å². The van der Waals surface area contributed by atoms with Gasteiger partial charge in [0.15, 0.2) is 11.0 Å². The van der Waals surface area contributed by atoms with Gasteiger partial charge in [0.05, 0.1) is 17.9 Å². The molecule has 0 spiro atoms. The number of hydrogen-bond donors (Lipinski definition) is 2. The van der Waals surface area contributed by atoms with Crippen LogP contribution >= 0.6 is 23.1 Å². The van der Waals surface area contributed by atoms with Gasteiger partial charge in [-0.1, -0.05) is 18.7 Å². The highest BCUT2D eigenvalue weighted by Gasteiger charge is 2.27. The van der Waals surface area contributed by atoms with E-state index in [2.05, 4.69) is 22.4 Å². The fourth-order valence-corrected chi connectivity index (χ4v) is 6.39. The highest BCUT2D eigenvalue weighted by Crippen LogP contribution is 2.39. The maximum Gasteiger partial charge on any atom is 0.251 e. The lowest BCUT2D eigenvalue weighted by molar-refractivity contribution is -0.113. The Morgan fingerprint density at radius 2 is 2.03 bits per heavy atom. The fourth-order valence-electron chi connectivity index (χ4n) is 4.15. The third kappa shape index (κ3) is 5.12. The van der Waals surface area contributed by atoms with Crippen molar-refractivity contribution in [2.24, 2.45) is 11.7 Å². The summed E-state index contributed by atoms with van der Waals surface area (Å²) in [5.41, 5.74) is 8.07. The molecule has 0 bridgehead atoms. The minimum atomic E-state index is -0.485. The summed E-state index contributed by atoms with van der Waals surface area (Å²) in [6, 6.07) is 7.72. The zero-order chi connectivity index (χ0) is 24.2. The van der Waals surface area contributed by atoms with E-state index >= 15 is 0 Å². The molecule has 0 saturated carbocycles. The third-order valence-corrected chi connectivity index (χ3v) is 7.94. The number of benzene rings is 1. The summed E-state index contributed by atoms with van der Waals surface area (Å²) >= 11 is 2.79. The molecule has 2 heterocycles. The number of carbonyl (C=O) groups excluding carboxylic acids is 2. The molecule has 3 N–H and O–H groups in total. The van der Waals surface area contributed by atoms with Crippen molar-refractivity contribution in [1.29, 1.82) is 0 Å². The van der Waals surface area contributed by atoms with Crippen molar-refractivity contribution in [3.63, 3.8) is 0 Å². The molecule has 34 heavy (non-hydrogen) atoms. The molecule has 180 valence electrons. The summed E-state index contributed by atoms with van der Waals surface area (Å²) in [6.45, 7) is 7.45. The Bertz CT molecular complexity index is 1190. The monoisotopic (exact) mass is 499 g/mol. The number of ether oxygens (including phenoxy) is 1. The standard InChI is InChI=1S/C24H29N5O3S2/c1-4-29-22(15-7-9-16(10-8-15)32-5-2)27-28-24(29)33-13-19(30)26-23-20(21(25)31)17-11-6-14(3)12-18(17)34-23/h7-10,14H,4-6,11-13H2,1-3H3,(H2,25,31)(H,26,30). The lowest BCUT2D eigenvalue weighted by Crippen LogP contribution is -2.20. The van der Waals surface area contributed by atoms with Crippen molar-refractivity contribution in [2.45, 2.75) is 51.7 Å². The van der Waals surface area contributed by atoms with Gasteiger partial charge < -0.3 is 20.4 Å². The first-order valence-electron chi connectivity index (χ1n) is 11.4. The predicted molar refractivity (Wildman–Crippen MR) is 136 cm³/mol. The maximum absolute atomic E-state index is 12.8. The van der Waals surface area contributed by atoms with Gasteiger partial charge in [0, 0.05) is 17.0 Å². The molecule has 1 aliphatic rings. The highest BCUT2D eigenvalue weighted by molar-refractivity contribution is 7.99. The molecule has 2 aromatic heterocycles. The van der Waals surface area contributed by atoms with Crippen LogP contribution in [0.2, 0.25) is 0 Å². The molecule has 4 rings (SSSR count). The highest BCUT2D eigenvalue weighted by atomic mass is 32.2. The van der Waals surface area contributed by atoms with Crippen LogP contribution in [0.1, 0.15) is 48.0 Å². The Kier molecular flexibility index (Phi) is 7.57. The van der Waals surface area contributed by atoms with E-state index in [9.17, 15) is 9.59 Å². The minimum absolute atomic E-state index is 0.151. The van der Waals surface area contributed by atoms with Gasteiger partial charge in [-0.3, -0.25) is 9.59 Å². The Hall–Kier alpha value is -2.85. The van der Waals surface area contributed by atoms with E-state index in [1.165, 1.54) is 23.1 Å². The van der Waals surface area contributed by atoms with Crippen molar-refractivity contribution in [1.82, 2.24) is 14.8 Å². The van der Waals surface area contributed by atoms with Gasteiger partial charge >= 0.3 is 0 Å². The number of thiophene rings is 1. The van der Waals surface area contributed by atoms with E-state index in [1.54, 1.807) is 0 Å². The zero-order valence-corrected chi connectivity index (χ0v) is 21.2. The summed E-state index contributed by atoms with van der Waals surface area (Å²) < 4.78 is 7.49. The number of hydrogen-bond acceptors (Lipinski definition) is 7. The van der Waals surface area contributed by atoms with Crippen LogP contribution in [0, 0.1) is 5.92 Å². The van der Waals surface area contributed by atoms with Gasteiger partial charge in [0.2, 0.25) is 5.91 Å². The molecule has 8 nitrogen and oxygen atoms in total.